The molecule has 3 aromatic rings. The number of hydrogen-bond donors (Lipinski definition) is 0. The SMILES string of the molecule is O=C1[C@H]2[C@@H](c3ccc(Br)cc3)N(c3ccccc3)O[C@H]2C(=O)N1c1ccccc1Cl. The van der Waals surface area contributed by atoms with Crippen LogP contribution in [0.5, 0.6) is 0 Å². The summed E-state index contributed by atoms with van der Waals surface area (Å²) in [5.74, 6) is -1.40. The lowest BCUT2D eigenvalue weighted by Crippen LogP contribution is -2.37. The molecule has 2 aliphatic heterocycles. The van der Waals surface area contributed by atoms with E-state index in [0.717, 1.165) is 20.6 Å². The van der Waals surface area contributed by atoms with Gasteiger partial charge in [0.05, 0.1) is 22.4 Å². The Kier molecular flexibility index (Phi) is 4.85. The van der Waals surface area contributed by atoms with Crippen LogP contribution in [0.1, 0.15) is 11.6 Å². The molecule has 150 valence electrons. The third-order valence-electron chi connectivity index (χ3n) is 5.43. The largest absolute Gasteiger partial charge is 0.273 e. The molecule has 30 heavy (non-hydrogen) atoms. The van der Waals surface area contributed by atoms with Crippen molar-refractivity contribution in [3.05, 3.63) is 93.9 Å². The molecule has 0 N–H and O–H groups in total. The van der Waals surface area contributed by atoms with Crippen molar-refractivity contribution >= 4 is 50.7 Å². The molecule has 3 aromatic carbocycles. The number of carbonyl (C=O) groups is 2. The fraction of sp³-hybridized carbons (Fsp3) is 0.130. The van der Waals surface area contributed by atoms with Crippen LogP contribution < -0.4 is 9.96 Å². The summed E-state index contributed by atoms with van der Waals surface area (Å²) in [6.07, 6.45) is -0.914. The standard InChI is InChI=1S/C23H16BrClN2O3/c24-15-12-10-14(11-13-15)20-19-21(30-27(20)16-6-2-1-3-7-16)23(29)26(22(19)28)18-9-5-4-8-17(18)25/h1-13,19-21H/t19-,20+,21+/m0/s1. The van der Waals surface area contributed by atoms with E-state index >= 15 is 0 Å². The van der Waals surface area contributed by atoms with Crippen molar-refractivity contribution in [2.45, 2.75) is 12.1 Å². The second-order valence-corrected chi connectivity index (χ2v) is 8.50. The van der Waals surface area contributed by atoms with E-state index in [2.05, 4.69) is 15.9 Å². The Bertz CT molecular complexity index is 1120. The van der Waals surface area contributed by atoms with Gasteiger partial charge in [0.2, 0.25) is 5.91 Å². The zero-order valence-electron chi connectivity index (χ0n) is 15.6. The minimum absolute atomic E-state index is 0.315. The summed E-state index contributed by atoms with van der Waals surface area (Å²) >= 11 is 9.74. The number of para-hydroxylation sites is 2. The third-order valence-corrected chi connectivity index (χ3v) is 6.28. The zero-order chi connectivity index (χ0) is 20.8. The number of hydrogen-bond acceptors (Lipinski definition) is 4. The number of rotatable bonds is 3. The van der Waals surface area contributed by atoms with Crippen LogP contribution in [-0.4, -0.2) is 17.9 Å². The van der Waals surface area contributed by atoms with E-state index in [1.807, 2.05) is 54.6 Å². The molecule has 0 spiro atoms. The molecule has 0 aromatic heterocycles. The lowest BCUT2D eigenvalue weighted by Gasteiger charge is -2.29. The Labute approximate surface area is 186 Å². The van der Waals surface area contributed by atoms with Gasteiger partial charge in [-0.3, -0.25) is 14.4 Å². The number of imide groups is 1. The predicted molar refractivity (Wildman–Crippen MR) is 118 cm³/mol. The van der Waals surface area contributed by atoms with Crippen LogP contribution in [0.2, 0.25) is 5.02 Å². The summed E-state index contributed by atoms with van der Waals surface area (Å²) in [5.41, 5.74) is 2.05. The molecular formula is C23H16BrClN2O3. The fourth-order valence-electron chi connectivity index (χ4n) is 4.08. The fourth-order valence-corrected chi connectivity index (χ4v) is 4.57. The molecule has 2 fully saturated rings. The topological polar surface area (TPSA) is 49.9 Å². The summed E-state index contributed by atoms with van der Waals surface area (Å²) in [6, 6.07) is 23.6. The smallest absolute Gasteiger partial charge is 0.266 e. The molecule has 0 radical (unpaired) electrons. The van der Waals surface area contributed by atoms with Gasteiger partial charge in [0.1, 0.15) is 5.92 Å². The first-order chi connectivity index (χ1) is 14.6. The molecule has 3 atom stereocenters. The van der Waals surface area contributed by atoms with Gasteiger partial charge in [-0.2, -0.15) is 0 Å². The Balaban J connectivity index is 1.60. The van der Waals surface area contributed by atoms with Gasteiger partial charge >= 0.3 is 0 Å². The number of hydroxylamine groups is 1. The normalized spacial score (nSPS) is 23.2. The number of anilines is 2. The number of halogens is 2. The molecule has 0 aliphatic carbocycles. The molecule has 0 bridgehead atoms. The highest BCUT2D eigenvalue weighted by Crippen LogP contribution is 2.48. The Hall–Kier alpha value is -2.67. The van der Waals surface area contributed by atoms with E-state index < -0.39 is 24.0 Å². The van der Waals surface area contributed by atoms with Gasteiger partial charge in [-0.15, -0.1) is 0 Å². The molecular weight excluding hydrogens is 468 g/mol. The van der Waals surface area contributed by atoms with Crippen molar-refractivity contribution in [1.29, 1.82) is 0 Å². The summed E-state index contributed by atoms with van der Waals surface area (Å²) in [7, 11) is 0. The van der Waals surface area contributed by atoms with Crippen molar-refractivity contribution < 1.29 is 14.4 Å². The third kappa shape index (κ3) is 3.03. The van der Waals surface area contributed by atoms with Crippen LogP contribution in [0.3, 0.4) is 0 Å². The molecule has 5 rings (SSSR count). The molecule has 0 unspecified atom stereocenters. The van der Waals surface area contributed by atoms with Gasteiger partial charge in [0, 0.05) is 4.47 Å². The highest BCUT2D eigenvalue weighted by Gasteiger charge is 2.60. The van der Waals surface area contributed by atoms with Crippen LogP contribution in [-0.2, 0) is 14.4 Å². The second-order valence-electron chi connectivity index (χ2n) is 7.17. The van der Waals surface area contributed by atoms with Crippen LogP contribution in [0.25, 0.3) is 0 Å². The monoisotopic (exact) mass is 482 g/mol. The molecule has 7 heteroatoms. The first-order valence-corrected chi connectivity index (χ1v) is 10.6. The summed E-state index contributed by atoms with van der Waals surface area (Å²) in [4.78, 5) is 34.0. The van der Waals surface area contributed by atoms with Gasteiger partial charge in [-0.05, 0) is 42.0 Å². The van der Waals surface area contributed by atoms with E-state index in [1.165, 1.54) is 0 Å². The number of nitrogens with zero attached hydrogens (tertiary/aromatic N) is 2. The summed E-state index contributed by atoms with van der Waals surface area (Å²) in [6.45, 7) is 0. The summed E-state index contributed by atoms with van der Waals surface area (Å²) in [5, 5.41) is 2.03. The number of fused-ring (bicyclic) bond motifs is 1. The van der Waals surface area contributed by atoms with E-state index in [9.17, 15) is 9.59 Å². The van der Waals surface area contributed by atoms with Crippen LogP contribution >= 0.6 is 27.5 Å². The van der Waals surface area contributed by atoms with Crippen molar-refractivity contribution in [3.8, 4) is 0 Å². The maximum atomic E-state index is 13.5. The molecule has 2 heterocycles. The van der Waals surface area contributed by atoms with E-state index in [1.54, 1.807) is 29.3 Å². The minimum Gasteiger partial charge on any atom is -0.273 e. The Morgan fingerprint density at radius 3 is 2.20 bits per heavy atom. The van der Waals surface area contributed by atoms with Gasteiger partial charge in [0.15, 0.2) is 6.10 Å². The van der Waals surface area contributed by atoms with Crippen molar-refractivity contribution in [2.75, 3.05) is 9.96 Å². The molecule has 5 nitrogen and oxygen atoms in total. The Morgan fingerprint density at radius 1 is 0.833 bits per heavy atom. The second kappa shape index (κ2) is 7.54. The molecule has 2 saturated heterocycles. The van der Waals surface area contributed by atoms with Gasteiger partial charge in [-0.1, -0.05) is 70.0 Å². The van der Waals surface area contributed by atoms with Crippen LogP contribution in [0.4, 0.5) is 11.4 Å². The van der Waals surface area contributed by atoms with Gasteiger partial charge in [0.25, 0.3) is 5.91 Å². The lowest BCUT2D eigenvalue weighted by atomic mass is 9.90. The van der Waals surface area contributed by atoms with E-state index in [4.69, 9.17) is 16.4 Å². The first-order valence-electron chi connectivity index (χ1n) is 9.45. The van der Waals surface area contributed by atoms with Gasteiger partial charge < -0.3 is 0 Å². The van der Waals surface area contributed by atoms with E-state index in [-0.39, 0.29) is 5.91 Å². The molecule has 2 amide bonds. The average Bonchev–Trinajstić information content (AvgIpc) is 3.26. The maximum Gasteiger partial charge on any atom is 0.266 e. The van der Waals surface area contributed by atoms with Gasteiger partial charge in [-0.25, -0.2) is 9.96 Å². The first kappa shape index (κ1) is 19.3. The minimum atomic E-state index is -0.914. The lowest BCUT2D eigenvalue weighted by molar-refractivity contribution is -0.126. The highest BCUT2D eigenvalue weighted by atomic mass is 79.9. The quantitative estimate of drug-likeness (QED) is 0.483. The summed E-state index contributed by atoms with van der Waals surface area (Å²) < 4.78 is 0.930. The highest BCUT2D eigenvalue weighted by molar-refractivity contribution is 9.10. The number of amides is 2. The van der Waals surface area contributed by atoms with Crippen LogP contribution in [0, 0.1) is 5.92 Å². The van der Waals surface area contributed by atoms with Crippen LogP contribution in [0.15, 0.2) is 83.3 Å². The average molecular weight is 484 g/mol. The van der Waals surface area contributed by atoms with E-state index in [0.29, 0.717) is 10.7 Å². The molecule has 0 saturated carbocycles. The predicted octanol–water partition coefficient (Wildman–Crippen LogP) is 5.15. The molecule has 2 aliphatic rings. The number of benzene rings is 3. The maximum absolute atomic E-state index is 13.5. The zero-order valence-corrected chi connectivity index (χ0v) is 18.0. The Morgan fingerprint density at radius 2 is 1.50 bits per heavy atom. The van der Waals surface area contributed by atoms with Crippen molar-refractivity contribution in [3.63, 3.8) is 0 Å². The number of carbonyl (C=O) groups excluding carboxylic acids is 2. The van der Waals surface area contributed by atoms with Crippen molar-refractivity contribution in [2.24, 2.45) is 5.92 Å². The van der Waals surface area contributed by atoms with Crippen molar-refractivity contribution in [1.82, 2.24) is 0 Å².